The van der Waals surface area contributed by atoms with Gasteiger partial charge < -0.3 is 11.1 Å². The molecule has 1 amide bonds. The van der Waals surface area contributed by atoms with Crippen LogP contribution in [0.3, 0.4) is 0 Å². The van der Waals surface area contributed by atoms with Gasteiger partial charge in [-0.25, -0.2) is 13.1 Å². The maximum Gasteiger partial charge on any atom is 0.418 e. The van der Waals surface area contributed by atoms with E-state index in [4.69, 9.17) is 5.73 Å². The van der Waals surface area contributed by atoms with Crippen LogP contribution < -0.4 is 15.8 Å². The third-order valence-corrected chi connectivity index (χ3v) is 3.99. The third-order valence-electron chi connectivity index (χ3n) is 2.62. The number of benzene rings is 1. The summed E-state index contributed by atoms with van der Waals surface area (Å²) in [5.74, 6) is -1.27. The molecule has 1 aromatic rings. The van der Waals surface area contributed by atoms with E-state index >= 15 is 0 Å². The van der Waals surface area contributed by atoms with Gasteiger partial charge in [-0.1, -0.05) is 6.07 Å². The van der Waals surface area contributed by atoms with Gasteiger partial charge in [0, 0.05) is 6.54 Å². The van der Waals surface area contributed by atoms with Gasteiger partial charge in [-0.15, -0.1) is 0 Å². The molecule has 118 valence electrons. The second-order valence-electron chi connectivity index (χ2n) is 4.04. The molecule has 0 spiro atoms. The van der Waals surface area contributed by atoms with Gasteiger partial charge in [0.05, 0.1) is 22.6 Å². The number of amides is 1. The quantitative estimate of drug-likeness (QED) is 0.689. The SMILES string of the molecule is CNS(=O)(=O)CCNC(=O)c1cccc(C(F)(F)F)c1N. The summed E-state index contributed by atoms with van der Waals surface area (Å²) in [4.78, 5) is 11.7. The summed E-state index contributed by atoms with van der Waals surface area (Å²) < 4.78 is 62.3. The highest BCUT2D eigenvalue weighted by Gasteiger charge is 2.34. The number of carbonyl (C=O) groups is 1. The van der Waals surface area contributed by atoms with E-state index in [2.05, 4.69) is 5.32 Å². The monoisotopic (exact) mass is 325 g/mol. The Morgan fingerprint density at radius 2 is 1.95 bits per heavy atom. The number of hydrogen-bond acceptors (Lipinski definition) is 4. The van der Waals surface area contributed by atoms with Crippen LogP contribution in [0.15, 0.2) is 18.2 Å². The predicted molar refractivity (Wildman–Crippen MR) is 71.0 cm³/mol. The first-order valence-electron chi connectivity index (χ1n) is 5.73. The molecule has 0 saturated heterocycles. The highest BCUT2D eigenvalue weighted by molar-refractivity contribution is 7.89. The van der Waals surface area contributed by atoms with Gasteiger partial charge in [0.25, 0.3) is 5.91 Å². The number of para-hydroxylation sites is 1. The number of nitrogens with two attached hydrogens (primary N) is 1. The Labute approximate surface area is 119 Å². The number of nitrogens with one attached hydrogen (secondary N) is 2. The van der Waals surface area contributed by atoms with Crippen LogP contribution in [0, 0.1) is 0 Å². The number of anilines is 1. The summed E-state index contributed by atoms with van der Waals surface area (Å²) in [6.07, 6.45) is -4.67. The van der Waals surface area contributed by atoms with Gasteiger partial charge in [-0.3, -0.25) is 4.79 Å². The zero-order valence-corrected chi connectivity index (χ0v) is 11.8. The minimum atomic E-state index is -4.67. The lowest BCUT2D eigenvalue weighted by Crippen LogP contribution is -2.33. The van der Waals surface area contributed by atoms with Crippen LogP contribution >= 0.6 is 0 Å². The van der Waals surface area contributed by atoms with Gasteiger partial charge in [0.2, 0.25) is 10.0 Å². The van der Waals surface area contributed by atoms with Crippen molar-refractivity contribution in [2.24, 2.45) is 0 Å². The fraction of sp³-hybridized carbons (Fsp3) is 0.364. The summed E-state index contributed by atoms with van der Waals surface area (Å²) in [6, 6.07) is 2.95. The van der Waals surface area contributed by atoms with Crippen molar-refractivity contribution >= 4 is 21.6 Å². The van der Waals surface area contributed by atoms with E-state index in [0.29, 0.717) is 0 Å². The molecule has 0 aliphatic carbocycles. The molecule has 1 aromatic carbocycles. The molecule has 0 aliphatic heterocycles. The predicted octanol–water partition coefficient (Wildman–Crippen LogP) is 0.567. The number of alkyl halides is 3. The van der Waals surface area contributed by atoms with Crippen LogP contribution in [0.25, 0.3) is 0 Å². The smallest absolute Gasteiger partial charge is 0.398 e. The second kappa shape index (κ2) is 6.31. The van der Waals surface area contributed by atoms with Gasteiger partial charge in [-0.2, -0.15) is 13.2 Å². The van der Waals surface area contributed by atoms with Crippen molar-refractivity contribution in [3.63, 3.8) is 0 Å². The van der Waals surface area contributed by atoms with E-state index < -0.39 is 39.1 Å². The summed E-state index contributed by atoms with van der Waals surface area (Å²) >= 11 is 0. The van der Waals surface area contributed by atoms with Crippen molar-refractivity contribution < 1.29 is 26.4 Å². The Kier molecular flexibility index (Phi) is 5.18. The minimum Gasteiger partial charge on any atom is -0.398 e. The van der Waals surface area contributed by atoms with E-state index in [1.807, 2.05) is 4.72 Å². The van der Waals surface area contributed by atoms with Crippen LogP contribution in [0.2, 0.25) is 0 Å². The summed E-state index contributed by atoms with van der Waals surface area (Å²) in [6.45, 7) is -0.252. The lowest BCUT2D eigenvalue weighted by molar-refractivity contribution is -0.136. The summed E-state index contributed by atoms with van der Waals surface area (Å²) in [7, 11) is -2.30. The molecular weight excluding hydrogens is 311 g/mol. The number of nitrogen functional groups attached to an aromatic ring is 1. The van der Waals surface area contributed by atoms with Crippen LogP contribution in [0.4, 0.5) is 18.9 Å². The van der Waals surface area contributed by atoms with Gasteiger partial charge in [0.1, 0.15) is 0 Å². The molecule has 0 atom stereocenters. The van der Waals surface area contributed by atoms with Gasteiger partial charge in [-0.05, 0) is 19.2 Å². The molecule has 4 N–H and O–H groups in total. The Hall–Kier alpha value is -1.81. The third kappa shape index (κ3) is 4.60. The molecule has 21 heavy (non-hydrogen) atoms. The molecule has 1 rings (SSSR count). The van der Waals surface area contributed by atoms with Crippen LogP contribution in [0.5, 0.6) is 0 Å². The van der Waals surface area contributed by atoms with Crippen molar-refractivity contribution in [1.82, 2.24) is 10.0 Å². The average Bonchev–Trinajstić information content (AvgIpc) is 2.37. The summed E-state index contributed by atoms with van der Waals surface area (Å²) in [5.41, 5.74) is 3.18. The fourth-order valence-corrected chi connectivity index (χ4v) is 2.08. The first-order chi connectivity index (χ1) is 9.58. The van der Waals surface area contributed by atoms with Crippen molar-refractivity contribution in [2.45, 2.75) is 6.18 Å². The second-order valence-corrected chi connectivity index (χ2v) is 6.09. The first-order valence-corrected chi connectivity index (χ1v) is 7.39. The highest BCUT2D eigenvalue weighted by Crippen LogP contribution is 2.34. The number of hydrogen-bond donors (Lipinski definition) is 3. The lowest BCUT2D eigenvalue weighted by atomic mass is 10.1. The Balaban J connectivity index is 2.85. The molecular formula is C11H14F3N3O3S. The van der Waals surface area contributed by atoms with E-state index in [1.165, 1.54) is 7.05 Å². The topological polar surface area (TPSA) is 101 Å². The molecule has 0 aromatic heterocycles. The molecule has 0 aliphatic rings. The number of carbonyl (C=O) groups excluding carboxylic acids is 1. The van der Waals surface area contributed by atoms with Crippen molar-refractivity contribution in [3.05, 3.63) is 29.3 Å². The number of halogens is 3. The maximum atomic E-state index is 12.6. The summed E-state index contributed by atoms with van der Waals surface area (Å²) in [5, 5.41) is 2.20. The van der Waals surface area contributed by atoms with Gasteiger partial charge in [0.15, 0.2) is 0 Å². The van der Waals surface area contributed by atoms with E-state index in [9.17, 15) is 26.4 Å². The molecule has 0 unspecified atom stereocenters. The molecule has 0 radical (unpaired) electrons. The molecule has 0 fully saturated rings. The normalized spacial score (nSPS) is 12.2. The largest absolute Gasteiger partial charge is 0.418 e. The number of rotatable bonds is 5. The Morgan fingerprint density at radius 3 is 2.48 bits per heavy atom. The fourth-order valence-electron chi connectivity index (χ4n) is 1.51. The zero-order chi connectivity index (χ0) is 16.3. The van der Waals surface area contributed by atoms with E-state index in [0.717, 1.165) is 18.2 Å². The molecule has 10 heteroatoms. The minimum absolute atomic E-state index is 0.252. The van der Waals surface area contributed by atoms with Crippen molar-refractivity contribution in [2.75, 3.05) is 25.1 Å². The maximum absolute atomic E-state index is 12.6. The Bertz CT molecular complexity index is 629. The van der Waals surface area contributed by atoms with Crippen LogP contribution in [0.1, 0.15) is 15.9 Å². The first kappa shape index (κ1) is 17.2. The van der Waals surface area contributed by atoms with Crippen LogP contribution in [-0.2, 0) is 16.2 Å². The standard InChI is InChI=1S/C11H14F3N3O3S/c1-16-21(19,20)6-5-17-10(18)7-3-2-4-8(9(7)15)11(12,13)14/h2-4,16H,5-6,15H2,1H3,(H,17,18). The molecule has 0 bridgehead atoms. The van der Waals surface area contributed by atoms with Crippen molar-refractivity contribution in [1.29, 1.82) is 0 Å². The van der Waals surface area contributed by atoms with Crippen LogP contribution in [-0.4, -0.2) is 33.7 Å². The zero-order valence-electron chi connectivity index (χ0n) is 11.0. The number of sulfonamides is 1. The lowest BCUT2D eigenvalue weighted by Gasteiger charge is -2.13. The molecule has 6 nitrogen and oxygen atoms in total. The van der Waals surface area contributed by atoms with E-state index in [1.54, 1.807) is 0 Å². The average molecular weight is 325 g/mol. The molecule has 0 saturated carbocycles. The highest BCUT2D eigenvalue weighted by atomic mass is 32.2. The van der Waals surface area contributed by atoms with Gasteiger partial charge >= 0.3 is 6.18 Å². The Morgan fingerprint density at radius 1 is 1.33 bits per heavy atom. The van der Waals surface area contributed by atoms with E-state index in [-0.39, 0.29) is 12.1 Å². The van der Waals surface area contributed by atoms with Crippen molar-refractivity contribution in [3.8, 4) is 0 Å². The molecule has 0 heterocycles.